The second-order valence-electron chi connectivity index (χ2n) is 6.73. The van der Waals surface area contributed by atoms with Gasteiger partial charge in [0.25, 0.3) is 0 Å². The van der Waals surface area contributed by atoms with Gasteiger partial charge in [0, 0.05) is 6.42 Å². The molecule has 0 amide bonds. The van der Waals surface area contributed by atoms with Crippen LogP contribution in [0, 0.1) is 11.8 Å². The van der Waals surface area contributed by atoms with Crippen LogP contribution < -0.4 is 5.73 Å². The number of benzene rings is 2. The Bertz CT molecular complexity index is 639. The lowest BCUT2D eigenvalue weighted by Gasteiger charge is -2.38. The first-order chi connectivity index (χ1) is 11.5. The summed E-state index contributed by atoms with van der Waals surface area (Å²) in [6, 6.07) is 20.1. The van der Waals surface area contributed by atoms with Crippen LogP contribution in [0.15, 0.2) is 60.7 Å². The molecule has 2 N–H and O–H groups in total. The Morgan fingerprint density at radius 2 is 1.50 bits per heavy atom. The molecule has 2 aromatic rings. The number of rotatable bonds is 7. The van der Waals surface area contributed by atoms with Gasteiger partial charge < -0.3 is 10.5 Å². The zero-order valence-electron chi connectivity index (χ0n) is 14.7. The largest absolute Gasteiger partial charge is 0.468 e. The third-order valence-corrected chi connectivity index (χ3v) is 4.67. The van der Waals surface area contributed by atoms with Gasteiger partial charge in [0.05, 0.1) is 7.11 Å². The topological polar surface area (TPSA) is 52.3 Å². The highest BCUT2D eigenvalue weighted by Gasteiger charge is 2.44. The maximum Gasteiger partial charge on any atom is 0.326 e. The average Bonchev–Trinajstić information content (AvgIpc) is 2.60. The molecule has 0 heterocycles. The predicted molar refractivity (Wildman–Crippen MR) is 97.6 cm³/mol. The summed E-state index contributed by atoms with van der Waals surface area (Å²) in [7, 11) is 1.41. The Kier molecular flexibility index (Phi) is 6.16. The van der Waals surface area contributed by atoms with E-state index in [0.29, 0.717) is 6.42 Å². The molecule has 2 rings (SSSR count). The van der Waals surface area contributed by atoms with Crippen molar-refractivity contribution in [3.8, 4) is 0 Å². The molecule has 0 fully saturated rings. The summed E-state index contributed by atoms with van der Waals surface area (Å²) in [5.74, 6) is -0.119. The van der Waals surface area contributed by atoms with Crippen LogP contribution in [0.1, 0.15) is 25.0 Å². The third-order valence-electron chi connectivity index (χ3n) is 4.67. The number of ether oxygens (including phenoxy) is 1. The molecule has 0 bridgehead atoms. The SMILES string of the molecule is COC(=O)C(N)(Cc1ccccc1)C(Cc1ccccc1)C(C)C. The minimum atomic E-state index is -1.06. The lowest BCUT2D eigenvalue weighted by Crippen LogP contribution is -2.58. The van der Waals surface area contributed by atoms with Crippen LogP contribution in [0.2, 0.25) is 0 Å². The number of hydrogen-bond acceptors (Lipinski definition) is 3. The number of methoxy groups -OCH3 is 1. The van der Waals surface area contributed by atoms with Gasteiger partial charge in [0.1, 0.15) is 5.54 Å². The number of esters is 1. The monoisotopic (exact) mass is 325 g/mol. The fourth-order valence-electron chi connectivity index (χ4n) is 3.36. The van der Waals surface area contributed by atoms with E-state index in [-0.39, 0.29) is 17.8 Å². The highest BCUT2D eigenvalue weighted by atomic mass is 16.5. The summed E-state index contributed by atoms with van der Waals surface area (Å²) < 4.78 is 5.09. The highest BCUT2D eigenvalue weighted by molar-refractivity contribution is 5.81. The van der Waals surface area contributed by atoms with E-state index >= 15 is 0 Å². The van der Waals surface area contributed by atoms with E-state index in [4.69, 9.17) is 10.5 Å². The predicted octanol–water partition coefficient (Wildman–Crippen LogP) is 3.61. The molecule has 3 heteroatoms. The van der Waals surface area contributed by atoms with Crippen molar-refractivity contribution < 1.29 is 9.53 Å². The molecule has 2 unspecified atom stereocenters. The first-order valence-corrected chi connectivity index (χ1v) is 8.42. The standard InChI is InChI=1S/C21H27NO2/c1-16(2)19(14-17-10-6-4-7-11-17)21(22,20(23)24-3)15-18-12-8-5-9-13-18/h4-13,16,19H,14-15,22H2,1-3H3. The van der Waals surface area contributed by atoms with Crippen LogP contribution in [0.5, 0.6) is 0 Å². The molecule has 0 aliphatic rings. The van der Waals surface area contributed by atoms with Gasteiger partial charge >= 0.3 is 5.97 Å². The second kappa shape index (κ2) is 8.11. The normalized spacial score (nSPS) is 14.9. The molecule has 0 aliphatic carbocycles. The van der Waals surface area contributed by atoms with Crippen LogP contribution in [-0.2, 0) is 22.4 Å². The summed E-state index contributed by atoms with van der Waals surface area (Å²) in [6.45, 7) is 4.23. The van der Waals surface area contributed by atoms with Gasteiger partial charge in [-0.25, -0.2) is 0 Å². The lowest BCUT2D eigenvalue weighted by molar-refractivity contribution is -0.150. The maximum atomic E-state index is 12.6. The smallest absolute Gasteiger partial charge is 0.326 e. The van der Waals surface area contributed by atoms with Crippen molar-refractivity contribution in [2.45, 2.75) is 32.2 Å². The Hall–Kier alpha value is -2.13. The molecule has 0 saturated heterocycles. The van der Waals surface area contributed by atoms with E-state index in [2.05, 4.69) is 26.0 Å². The van der Waals surface area contributed by atoms with Gasteiger partial charge in [0.2, 0.25) is 0 Å². The molecule has 2 aromatic carbocycles. The van der Waals surface area contributed by atoms with E-state index in [1.165, 1.54) is 12.7 Å². The number of nitrogens with two attached hydrogens (primary N) is 1. The lowest BCUT2D eigenvalue weighted by atomic mass is 9.71. The molecule has 0 radical (unpaired) electrons. The van der Waals surface area contributed by atoms with Crippen molar-refractivity contribution in [2.24, 2.45) is 17.6 Å². The molecule has 24 heavy (non-hydrogen) atoms. The van der Waals surface area contributed by atoms with Gasteiger partial charge in [-0.1, -0.05) is 74.5 Å². The summed E-state index contributed by atoms with van der Waals surface area (Å²) in [6.07, 6.45) is 1.22. The molecular weight excluding hydrogens is 298 g/mol. The summed E-state index contributed by atoms with van der Waals surface area (Å²) in [4.78, 5) is 12.6. The zero-order chi connectivity index (χ0) is 17.6. The minimum absolute atomic E-state index is 0.0208. The fraction of sp³-hybridized carbons (Fsp3) is 0.381. The van der Waals surface area contributed by atoms with Gasteiger partial charge in [-0.05, 0) is 29.4 Å². The molecule has 2 atom stereocenters. The van der Waals surface area contributed by atoms with Gasteiger partial charge in [-0.15, -0.1) is 0 Å². The number of carbonyl (C=O) groups is 1. The van der Waals surface area contributed by atoms with Crippen molar-refractivity contribution in [3.63, 3.8) is 0 Å². The van der Waals surface area contributed by atoms with Crippen LogP contribution in [0.3, 0.4) is 0 Å². The van der Waals surface area contributed by atoms with Crippen LogP contribution in [0.4, 0.5) is 0 Å². The molecule has 0 spiro atoms. The van der Waals surface area contributed by atoms with Gasteiger partial charge in [0.15, 0.2) is 0 Å². The Morgan fingerprint density at radius 1 is 1.00 bits per heavy atom. The van der Waals surface area contributed by atoms with Crippen LogP contribution in [0.25, 0.3) is 0 Å². The van der Waals surface area contributed by atoms with Gasteiger partial charge in [-0.3, -0.25) is 4.79 Å². The summed E-state index contributed by atoms with van der Waals surface area (Å²) >= 11 is 0. The van der Waals surface area contributed by atoms with Crippen LogP contribution in [-0.4, -0.2) is 18.6 Å². The van der Waals surface area contributed by atoms with E-state index in [1.807, 2.05) is 48.5 Å². The van der Waals surface area contributed by atoms with Crippen molar-refractivity contribution in [3.05, 3.63) is 71.8 Å². The maximum absolute atomic E-state index is 12.6. The quantitative estimate of drug-likeness (QED) is 0.791. The van der Waals surface area contributed by atoms with Crippen molar-refractivity contribution >= 4 is 5.97 Å². The first-order valence-electron chi connectivity index (χ1n) is 8.42. The van der Waals surface area contributed by atoms with E-state index < -0.39 is 5.54 Å². The second-order valence-corrected chi connectivity index (χ2v) is 6.73. The third kappa shape index (κ3) is 4.24. The zero-order valence-corrected chi connectivity index (χ0v) is 14.7. The summed E-state index contributed by atoms with van der Waals surface area (Å²) in [5.41, 5.74) is 7.88. The first kappa shape index (κ1) is 18.2. The Labute approximate surface area is 144 Å². The molecule has 128 valence electrons. The Morgan fingerprint density at radius 3 is 1.96 bits per heavy atom. The van der Waals surface area contributed by atoms with Crippen molar-refractivity contribution in [1.82, 2.24) is 0 Å². The Balaban J connectivity index is 2.36. The molecular formula is C21H27NO2. The molecule has 0 aromatic heterocycles. The fourth-order valence-corrected chi connectivity index (χ4v) is 3.36. The minimum Gasteiger partial charge on any atom is -0.468 e. The highest BCUT2D eigenvalue weighted by Crippen LogP contribution is 2.31. The van der Waals surface area contributed by atoms with Crippen molar-refractivity contribution in [1.29, 1.82) is 0 Å². The number of hydrogen-bond donors (Lipinski definition) is 1. The average molecular weight is 325 g/mol. The van der Waals surface area contributed by atoms with Crippen molar-refractivity contribution in [2.75, 3.05) is 7.11 Å². The van der Waals surface area contributed by atoms with E-state index in [0.717, 1.165) is 12.0 Å². The van der Waals surface area contributed by atoms with E-state index in [1.54, 1.807) is 0 Å². The van der Waals surface area contributed by atoms with E-state index in [9.17, 15) is 4.79 Å². The summed E-state index contributed by atoms with van der Waals surface area (Å²) in [5, 5.41) is 0. The van der Waals surface area contributed by atoms with Crippen LogP contribution >= 0.6 is 0 Å². The molecule has 0 aliphatic heterocycles. The molecule has 3 nitrogen and oxygen atoms in total. The van der Waals surface area contributed by atoms with Gasteiger partial charge in [-0.2, -0.15) is 0 Å². The number of carbonyl (C=O) groups excluding carboxylic acids is 1. The molecule has 0 saturated carbocycles.